The Balaban J connectivity index is 1.56. The molecule has 0 fully saturated rings. The molecule has 0 aliphatic carbocycles. The average Bonchev–Trinajstić information content (AvgIpc) is 3.08. The van der Waals surface area contributed by atoms with Crippen LogP contribution in [0.25, 0.3) is 6.08 Å². The highest BCUT2D eigenvalue weighted by molar-refractivity contribution is 9.10. The van der Waals surface area contributed by atoms with E-state index in [9.17, 15) is 4.79 Å². The Bertz CT molecular complexity index is 885. The van der Waals surface area contributed by atoms with Gasteiger partial charge in [-0.05, 0) is 29.3 Å². The zero-order valence-electron chi connectivity index (χ0n) is 14.5. The molecule has 0 aliphatic heterocycles. The summed E-state index contributed by atoms with van der Waals surface area (Å²) in [5, 5.41) is 4.38. The van der Waals surface area contributed by atoms with E-state index in [0.717, 1.165) is 22.1 Å². The van der Waals surface area contributed by atoms with Gasteiger partial charge in [-0.15, -0.1) is 0 Å². The van der Waals surface area contributed by atoms with E-state index in [-0.39, 0.29) is 5.91 Å². The maximum absolute atomic E-state index is 12.3. The van der Waals surface area contributed by atoms with Crippen LogP contribution in [0, 0.1) is 0 Å². The van der Waals surface area contributed by atoms with Gasteiger partial charge in [-0.2, -0.15) is 5.10 Å². The molecule has 0 saturated carbocycles. The van der Waals surface area contributed by atoms with Crippen LogP contribution < -0.4 is 0 Å². The number of amides is 1. The van der Waals surface area contributed by atoms with Crippen molar-refractivity contribution in [2.45, 2.75) is 13.1 Å². The molecular formula is C21H20BrN3O. The molecule has 0 aliphatic rings. The molecule has 1 heterocycles. The molecule has 4 nitrogen and oxygen atoms in total. The van der Waals surface area contributed by atoms with Crippen molar-refractivity contribution in [3.05, 3.63) is 94.2 Å². The quantitative estimate of drug-likeness (QED) is 0.567. The van der Waals surface area contributed by atoms with Gasteiger partial charge in [-0.1, -0.05) is 58.4 Å². The van der Waals surface area contributed by atoms with Crippen molar-refractivity contribution in [3.63, 3.8) is 0 Å². The van der Waals surface area contributed by atoms with Crippen LogP contribution in [0.4, 0.5) is 0 Å². The highest BCUT2D eigenvalue weighted by atomic mass is 79.9. The van der Waals surface area contributed by atoms with Crippen LogP contribution in [0.5, 0.6) is 0 Å². The van der Waals surface area contributed by atoms with E-state index in [1.54, 1.807) is 18.0 Å². The van der Waals surface area contributed by atoms with Gasteiger partial charge in [0.05, 0.1) is 12.7 Å². The van der Waals surface area contributed by atoms with Crippen molar-refractivity contribution in [1.82, 2.24) is 14.7 Å². The number of benzene rings is 2. The fourth-order valence-corrected chi connectivity index (χ4v) is 2.83. The highest BCUT2D eigenvalue weighted by Crippen LogP contribution is 2.12. The van der Waals surface area contributed by atoms with Gasteiger partial charge in [0.1, 0.15) is 0 Å². The molecule has 5 heteroatoms. The van der Waals surface area contributed by atoms with E-state index in [1.807, 2.05) is 65.6 Å². The zero-order chi connectivity index (χ0) is 18.4. The second kappa shape index (κ2) is 8.63. The molecule has 0 N–H and O–H groups in total. The normalized spacial score (nSPS) is 11.0. The summed E-state index contributed by atoms with van der Waals surface area (Å²) in [7, 11) is 1.79. The van der Waals surface area contributed by atoms with Crippen LogP contribution in [-0.2, 0) is 17.9 Å². The summed E-state index contributed by atoms with van der Waals surface area (Å²) in [6, 6.07) is 18.0. The van der Waals surface area contributed by atoms with Crippen LogP contribution in [-0.4, -0.2) is 27.6 Å². The molecular weight excluding hydrogens is 390 g/mol. The Morgan fingerprint density at radius 1 is 1.12 bits per heavy atom. The zero-order valence-corrected chi connectivity index (χ0v) is 16.1. The lowest BCUT2D eigenvalue weighted by Gasteiger charge is -2.13. The van der Waals surface area contributed by atoms with Gasteiger partial charge in [0.15, 0.2) is 0 Å². The van der Waals surface area contributed by atoms with Gasteiger partial charge in [-0.25, -0.2) is 0 Å². The number of nitrogens with zero attached hydrogens (tertiary/aromatic N) is 3. The monoisotopic (exact) mass is 409 g/mol. The number of carbonyl (C=O) groups excluding carboxylic acids is 1. The van der Waals surface area contributed by atoms with Crippen LogP contribution in [0.3, 0.4) is 0 Å². The smallest absolute Gasteiger partial charge is 0.246 e. The van der Waals surface area contributed by atoms with E-state index in [2.05, 4.69) is 33.2 Å². The number of likely N-dealkylation sites (N-methyl/N-ethyl adjacent to an activating group) is 1. The molecule has 0 unspecified atom stereocenters. The Kier molecular flexibility index (Phi) is 6.02. The van der Waals surface area contributed by atoms with E-state index in [0.29, 0.717) is 6.54 Å². The van der Waals surface area contributed by atoms with Crippen molar-refractivity contribution in [2.75, 3.05) is 7.05 Å². The van der Waals surface area contributed by atoms with Crippen molar-refractivity contribution in [2.24, 2.45) is 0 Å². The SMILES string of the molecule is CN(Cc1cnn(Cc2ccccc2)c1)C(=O)C=Cc1ccc(Br)cc1. The second-order valence-electron chi connectivity index (χ2n) is 6.11. The number of rotatable bonds is 6. The first-order valence-electron chi connectivity index (χ1n) is 8.34. The molecule has 2 aromatic carbocycles. The number of hydrogen-bond acceptors (Lipinski definition) is 2. The molecule has 1 aromatic heterocycles. The minimum Gasteiger partial charge on any atom is -0.338 e. The van der Waals surface area contributed by atoms with Gasteiger partial charge in [0, 0.05) is 35.9 Å². The second-order valence-corrected chi connectivity index (χ2v) is 7.03. The number of aromatic nitrogens is 2. The predicted octanol–water partition coefficient (Wildman–Crippen LogP) is 4.37. The van der Waals surface area contributed by atoms with Gasteiger partial charge in [-0.3, -0.25) is 9.48 Å². The Morgan fingerprint density at radius 3 is 2.58 bits per heavy atom. The summed E-state index contributed by atoms with van der Waals surface area (Å²) in [4.78, 5) is 14.0. The Morgan fingerprint density at radius 2 is 1.85 bits per heavy atom. The Labute approximate surface area is 161 Å². The van der Waals surface area contributed by atoms with Gasteiger partial charge in [0.2, 0.25) is 5.91 Å². The van der Waals surface area contributed by atoms with E-state index >= 15 is 0 Å². The summed E-state index contributed by atoms with van der Waals surface area (Å²) in [6.07, 6.45) is 7.21. The first kappa shape index (κ1) is 18.1. The van der Waals surface area contributed by atoms with Crippen molar-refractivity contribution < 1.29 is 4.79 Å². The van der Waals surface area contributed by atoms with Crippen molar-refractivity contribution >= 4 is 27.9 Å². The molecule has 0 spiro atoms. The van der Waals surface area contributed by atoms with Crippen LogP contribution in [0.2, 0.25) is 0 Å². The minimum absolute atomic E-state index is 0.0382. The summed E-state index contributed by atoms with van der Waals surface area (Å²) < 4.78 is 2.91. The molecule has 0 saturated heterocycles. The third-order valence-electron chi connectivity index (χ3n) is 3.96. The van der Waals surface area contributed by atoms with Crippen molar-refractivity contribution in [1.29, 1.82) is 0 Å². The molecule has 3 rings (SSSR count). The number of halogens is 1. The summed E-state index contributed by atoms with van der Waals surface area (Å²) in [5.41, 5.74) is 3.20. The minimum atomic E-state index is -0.0382. The van der Waals surface area contributed by atoms with Gasteiger partial charge in [0.25, 0.3) is 0 Å². The predicted molar refractivity (Wildman–Crippen MR) is 107 cm³/mol. The average molecular weight is 410 g/mol. The van der Waals surface area contributed by atoms with Gasteiger partial charge < -0.3 is 4.90 Å². The van der Waals surface area contributed by atoms with Crippen LogP contribution >= 0.6 is 15.9 Å². The maximum Gasteiger partial charge on any atom is 0.246 e. The lowest BCUT2D eigenvalue weighted by molar-refractivity contribution is -0.125. The molecule has 1 amide bonds. The van der Waals surface area contributed by atoms with Gasteiger partial charge >= 0.3 is 0 Å². The van der Waals surface area contributed by atoms with Crippen molar-refractivity contribution in [3.8, 4) is 0 Å². The fraction of sp³-hybridized carbons (Fsp3) is 0.143. The summed E-state index contributed by atoms with van der Waals surface area (Å²) in [6.45, 7) is 1.25. The molecule has 0 atom stereocenters. The molecule has 0 radical (unpaired) electrons. The number of carbonyl (C=O) groups is 1. The first-order valence-corrected chi connectivity index (χ1v) is 9.13. The lowest BCUT2D eigenvalue weighted by Crippen LogP contribution is -2.23. The molecule has 0 bridgehead atoms. The first-order chi connectivity index (χ1) is 12.6. The third kappa shape index (κ3) is 5.17. The lowest BCUT2D eigenvalue weighted by atomic mass is 10.2. The fourth-order valence-electron chi connectivity index (χ4n) is 2.57. The number of hydrogen-bond donors (Lipinski definition) is 0. The molecule has 132 valence electrons. The Hall–Kier alpha value is -2.66. The molecule has 26 heavy (non-hydrogen) atoms. The van der Waals surface area contributed by atoms with E-state index in [1.165, 1.54) is 5.56 Å². The highest BCUT2D eigenvalue weighted by Gasteiger charge is 2.08. The summed E-state index contributed by atoms with van der Waals surface area (Å²) in [5.74, 6) is -0.0382. The van der Waals surface area contributed by atoms with Crippen LogP contribution in [0.1, 0.15) is 16.7 Å². The summed E-state index contributed by atoms with van der Waals surface area (Å²) >= 11 is 3.40. The third-order valence-corrected chi connectivity index (χ3v) is 4.49. The van der Waals surface area contributed by atoms with Crippen LogP contribution in [0.15, 0.2) is 77.5 Å². The molecule has 3 aromatic rings. The largest absolute Gasteiger partial charge is 0.338 e. The van der Waals surface area contributed by atoms with E-state index < -0.39 is 0 Å². The van der Waals surface area contributed by atoms with E-state index in [4.69, 9.17) is 0 Å². The maximum atomic E-state index is 12.3. The standard InChI is InChI=1S/C21H20BrN3O/c1-24(21(26)12-9-17-7-10-20(22)11-8-17)14-19-13-23-25(16-19)15-18-5-3-2-4-6-18/h2-13,16H,14-15H2,1H3. The topological polar surface area (TPSA) is 38.1 Å².